The van der Waals surface area contributed by atoms with Crippen LogP contribution in [0.1, 0.15) is 36.5 Å². The minimum Gasteiger partial charge on any atom is -0.369 e. The molecule has 1 aromatic heterocycles. The molecule has 4 nitrogen and oxygen atoms in total. The highest BCUT2D eigenvalue weighted by Crippen LogP contribution is 2.26. The van der Waals surface area contributed by atoms with Gasteiger partial charge in [0.05, 0.1) is 5.56 Å². The van der Waals surface area contributed by atoms with Crippen LogP contribution in [0.2, 0.25) is 5.15 Å². The number of amides is 1. The molecule has 23 heavy (non-hydrogen) atoms. The second kappa shape index (κ2) is 7.01. The summed E-state index contributed by atoms with van der Waals surface area (Å²) in [6.45, 7) is 3.36. The molecule has 120 valence electrons. The molecule has 0 radical (unpaired) electrons. The summed E-state index contributed by atoms with van der Waals surface area (Å²) in [6, 6.07) is 11.9. The fourth-order valence-electron chi connectivity index (χ4n) is 2.97. The SMILES string of the molecule is C[C@H]1CCCCN1c1ccc(NC(=O)c2cccnc2Cl)cc1. The van der Waals surface area contributed by atoms with E-state index in [-0.39, 0.29) is 11.1 Å². The molecule has 1 fully saturated rings. The second-order valence-corrected chi connectivity index (χ2v) is 6.24. The van der Waals surface area contributed by atoms with Gasteiger partial charge in [-0.3, -0.25) is 4.79 Å². The Bertz CT molecular complexity index is 687. The first kappa shape index (κ1) is 15.8. The molecule has 1 saturated heterocycles. The predicted molar refractivity (Wildman–Crippen MR) is 94.3 cm³/mol. The average Bonchev–Trinajstić information content (AvgIpc) is 2.56. The summed E-state index contributed by atoms with van der Waals surface area (Å²) in [5.41, 5.74) is 2.33. The fraction of sp³-hybridized carbons (Fsp3) is 0.333. The number of pyridine rings is 1. The lowest BCUT2D eigenvalue weighted by Crippen LogP contribution is -2.37. The summed E-state index contributed by atoms with van der Waals surface area (Å²) in [7, 11) is 0. The van der Waals surface area contributed by atoms with E-state index in [0.29, 0.717) is 11.6 Å². The van der Waals surface area contributed by atoms with Crippen molar-refractivity contribution in [3.8, 4) is 0 Å². The molecule has 1 atom stereocenters. The quantitative estimate of drug-likeness (QED) is 0.851. The third kappa shape index (κ3) is 3.64. The lowest BCUT2D eigenvalue weighted by Gasteiger charge is -2.35. The molecule has 1 aliphatic heterocycles. The van der Waals surface area contributed by atoms with E-state index < -0.39 is 0 Å². The number of hydrogen-bond donors (Lipinski definition) is 1. The monoisotopic (exact) mass is 329 g/mol. The third-order valence-electron chi connectivity index (χ3n) is 4.26. The summed E-state index contributed by atoms with van der Waals surface area (Å²) in [5.74, 6) is -0.248. The van der Waals surface area contributed by atoms with Crippen LogP contribution in [-0.2, 0) is 0 Å². The second-order valence-electron chi connectivity index (χ2n) is 5.88. The zero-order chi connectivity index (χ0) is 16.2. The molecular formula is C18H20ClN3O. The molecule has 2 aromatic rings. The van der Waals surface area contributed by atoms with Crippen molar-refractivity contribution < 1.29 is 4.79 Å². The van der Waals surface area contributed by atoms with E-state index in [0.717, 1.165) is 12.2 Å². The van der Waals surface area contributed by atoms with Gasteiger partial charge in [0.25, 0.3) is 5.91 Å². The number of rotatable bonds is 3. The molecule has 1 aromatic carbocycles. The predicted octanol–water partition coefficient (Wildman–Crippen LogP) is 4.37. The van der Waals surface area contributed by atoms with Gasteiger partial charge in [-0.15, -0.1) is 0 Å². The molecule has 5 heteroatoms. The summed E-state index contributed by atoms with van der Waals surface area (Å²) >= 11 is 5.95. The van der Waals surface area contributed by atoms with Gasteiger partial charge in [0.1, 0.15) is 5.15 Å². The van der Waals surface area contributed by atoms with E-state index in [4.69, 9.17) is 11.6 Å². The first-order valence-corrected chi connectivity index (χ1v) is 8.31. The lowest BCUT2D eigenvalue weighted by molar-refractivity contribution is 0.102. The van der Waals surface area contributed by atoms with E-state index in [1.807, 2.05) is 12.1 Å². The standard InChI is InChI=1S/C18H20ClN3O/c1-13-5-2-3-12-22(13)15-9-7-14(8-10-15)21-18(23)16-6-4-11-20-17(16)19/h4,6-11,13H,2-3,5,12H2,1H3,(H,21,23)/t13-/m0/s1. The van der Waals surface area contributed by atoms with Crippen molar-refractivity contribution in [1.29, 1.82) is 0 Å². The van der Waals surface area contributed by atoms with Gasteiger partial charge in [-0.25, -0.2) is 4.98 Å². The molecule has 0 bridgehead atoms. The highest BCUT2D eigenvalue weighted by Gasteiger charge is 2.18. The van der Waals surface area contributed by atoms with Gasteiger partial charge >= 0.3 is 0 Å². The van der Waals surface area contributed by atoms with Crippen LogP contribution in [-0.4, -0.2) is 23.5 Å². The number of nitrogens with one attached hydrogen (secondary N) is 1. The Labute approximate surface area is 141 Å². The fourth-order valence-corrected chi connectivity index (χ4v) is 3.18. The van der Waals surface area contributed by atoms with Crippen molar-refractivity contribution in [3.05, 3.63) is 53.3 Å². The van der Waals surface area contributed by atoms with Crippen LogP contribution >= 0.6 is 11.6 Å². The van der Waals surface area contributed by atoms with E-state index in [9.17, 15) is 4.79 Å². The van der Waals surface area contributed by atoms with Crippen molar-refractivity contribution in [2.45, 2.75) is 32.2 Å². The average molecular weight is 330 g/mol. The topological polar surface area (TPSA) is 45.2 Å². The van der Waals surface area contributed by atoms with Crippen molar-refractivity contribution in [2.24, 2.45) is 0 Å². The normalized spacial score (nSPS) is 17.8. The van der Waals surface area contributed by atoms with Crippen LogP contribution in [0.5, 0.6) is 0 Å². The molecular weight excluding hydrogens is 310 g/mol. The summed E-state index contributed by atoms with van der Waals surface area (Å²) in [4.78, 5) is 18.6. The Hall–Kier alpha value is -2.07. The van der Waals surface area contributed by atoms with Gasteiger partial charge in [-0.1, -0.05) is 11.6 Å². The molecule has 0 aliphatic carbocycles. The Morgan fingerprint density at radius 3 is 2.74 bits per heavy atom. The number of hydrogen-bond acceptors (Lipinski definition) is 3. The Morgan fingerprint density at radius 1 is 1.26 bits per heavy atom. The van der Waals surface area contributed by atoms with Gasteiger partial charge in [-0.2, -0.15) is 0 Å². The lowest BCUT2D eigenvalue weighted by atomic mass is 10.0. The van der Waals surface area contributed by atoms with Crippen LogP contribution < -0.4 is 10.2 Å². The van der Waals surface area contributed by atoms with Crippen LogP contribution in [0, 0.1) is 0 Å². The molecule has 1 aliphatic rings. The largest absolute Gasteiger partial charge is 0.369 e. The number of carbonyl (C=O) groups is 1. The zero-order valence-electron chi connectivity index (χ0n) is 13.1. The van der Waals surface area contributed by atoms with Crippen molar-refractivity contribution >= 4 is 28.9 Å². The highest BCUT2D eigenvalue weighted by atomic mass is 35.5. The summed E-state index contributed by atoms with van der Waals surface area (Å²) in [5, 5.41) is 3.07. The number of carbonyl (C=O) groups excluding carboxylic acids is 1. The van der Waals surface area contributed by atoms with Gasteiger partial charge in [0.2, 0.25) is 0 Å². The van der Waals surface area contributed by atoms with Crippen LogP contribution in [0.25, 0.3) is 0 Å². The molecule has 3 rings (SSSR count). The molecule has 1 N–H and O–H groups in total. The number of benzene rings is 1. The van der Waals surface area contributed by atoms with E-state index in [1.54, 1.807) is 18.3 Å². The number of nitrogens with zero attached hydrogens (tertiary/aromatic N) is 2. The number of aromatic nitrogens is 1. The number of anilines is 2. The smallest absolute Gasteiger partial charge is 0.258 e. The van der Waals surface area contributed by atoms with Crippen molar-refractivity contribution in [3.63, 3.8) is 0 Å². The summed E-state index contributed by atoms with van der Waals surface area (Å²) < 4.78 is 0. The molecule has 0 unspecified atom stereocenters. The molecule has 0 spiro atoms. The Balaban J connectivity index is 1.70. The minimum atomic E-state index is -0.248. The van der Waals surface area contributed by atoms with E-state index >= 15 is 0 Å². The first-order valence-electron chi connectivity index (χ1n) is 7.94. The van der Waals surface area contributed by atoms with Gasteiger partial charge < -0.3 is 10.2 Å². The number of halogens is 1. The third-order valence-corrected chi connectivity index (χ3v) is 4.56. The van der Waals surface area contributed by atoms with Crippen LogP contribution in [0.15, 0.2) is 42.6 Å². The maximum atomic E-state index is 12.2. The van der Waals surface area contributed by atoms with E-state index in [1.165, 1.54) is 24.9 Å². The van der Waals surface area contributed by atoms with Crippen molar-refractivity contribution in [1.82, 2.24) is 4.98 Å². The highest BCUT2D eigenvalue weighted by molar-refractivity contribution is 6.33. The maximum Gasteiger partial charge on any atom is 0.258 e. The number of piperidine rings is 1. The Morgan fingerprint density at radius 2 is 2.04 bits per heavy atom. The van der Waals surface area contributed by atoms with Gasteiger partial charge in [0, 0.05) is 30.2 Å². The molecule has 1 amide bonds. The minimum absolute atomic E-state index is 0.212. The summed E-state index contributed by atoms with van der Waals surface area (Å²) in [6.07, 6.45) is 5.34. The van der Waals surface area contributed by atoms with Gasteiger partial charge in [-0.05, 0) is 62.6 Å². The molecule has 0 saturated carbocycles. The van der Waals surface area contributed by atoms with Crippen LogP contribution in [0.3, 0.4) is 0 Å². The van der Waals surface area contributed by atoms with E-state index in [2.05, 4.69) is 34.3 Å². The zero-order valence-corrected chi connectivity index (χ0v) is 13.9. The molecule has 2 heterocycles. The van der Waals surface area contributed by atoms with Crippen molar-refractivity contribution in [2.75, 3.05) is 16.8 Å². The maximum absolute atomic E-state index is 12.2. The Kier molecular flexibility index (Phi) is 4.82. The van der Waals surface area contributed by atoms with Gasteiger partial charge in [0.15, 0.2) is 0 Å². The first-order chi connectivity index (χ1) is 11.1. The van der Waals surface area contributed by atoms with Crippen LogP contribution in [0.4, 0.5) is 11.4 Å².